The molecule has 1 aliphatic carbocycles. The van der Waals surface area contributed by atoms with Crippen LogP contribution in [-0.2, 0) is 42.2 Å². The number of nitrogens with one attached hydrogen (secondary N) is 3. The lowest BCUT2D eigenvalue weighted by Crippen LogP contribution is -2.38. The molecule has 52 heavy (non-hydrogen) atoms. The van der Waals surface area contributed by atoms with Crippen LogP contribution in [0, 0.1) is 11.8 Å². The van der Waals surface area contributed by atoms with Crippen LogP contribution in [0.5, 0.6) is 0 Å². The second-order valence-corrected chi connectivity index (χ2v) is 14.6. The lowest BCUT2D eigenvalue weighted by Gasteiger charge is -2.30. The number of carbonyl (C=O) groups excluding carboxylic acids is 4. The lowest BCUT2D eigenvalue weighted by atomic mass is 9.85. The Labute approximate surface area is 307 Å². The zero-order chi connectivity index (χ0) is 39.0. The third kappa shape index (κ3) is 13.5. The number of carbonyl (C=O) groups is 4. The Hall–Kier alpha value is -3.43. The Kier molecular flexibility index (Phi) is 18.9. The predicted molar refractivity (Wildman–Crippen MR) is 196 cm³/mol. The molecule has 2 rings (SSSR count). The molecule has 0 aromatic rings. The topological polar surface area (TPSA) is 214 Å². The Morgan fingerprint density at radius 2 is 1.71 bits per heavy atom. The zero-order valence-electron chi connectivity index (χ0n) is 31.6. The fourth-order valence-corrected chi connectivity index (χ4v) is 7.30. The van der Waals surface area contributed by atoms with E-state index >= 15 is 0 Å². The fraction of sp³-hybridized carbons (Fsp3) is 0.611. The Balaban J connectivity index is 2.44. The molecule has 2 amide bonds. The highest BCUT2D eigenvalue weighted by molar-refractivity contribution is 7.51. The van der Waals surface area contributed by atoms with Crippen molar-refractivity contribution in [1.29, 1.82) is 0 Å². The number of fused-ring (bicyclic) bond motifs is 2. The molecule has 2 bridgehead atoms. The number of allylic oxidation sites excluding steroid dienone is 4. The quantitative estimate of drug-likeness (QED) is 0.0738. The van der Waals surface area contributed by atoms with Crippen molar-refractivity contribution >= 4 is 31.3 Å². The van der Waals surface area contributed by atoms with Gasteiger partial charge in [-0.15, -0.1) is 0 Å². The van der Waals surface area contributed by atoms with Gasteiger partial charge in [0, 0.05) is 50.4 Å². The minimum atomic E-state index is -3.40. The minimum absolute atomic E-state index is 0.130. The maximum absolute atomic E-state index is 13.9. The van der Waals surface area contributed by atoms with Crippen molar-refractivity contribution in [3.05, 3.63) is 58.5 Å². The standard InChI is InChI=1S/C36H57N4O11P/c1-9-49-52(46,50-10-2)39-17-12-11-16-38-31-26-18-22(3)19-30(48-8)32(42)24(5)20-25(6)34(51-36(37)45)29(47-7)15-13-14-23(4)35(44)40-27(33(26)43)21-28(31)41/h13-15,20-22,24,29-30,32,34,38,42H,9-12,16-19H2,1-8H3,(H2,37,45)(H,39,46)(H,40,44)/b15-13-,23-14+,25-20+/t22-,24+,29+,30+,32-,34+/m1/s1. The van der Waals surface area contributed by atoms with Crippen molar-refractivity contribution in [3.63, 3.8) is 0 Å². The van der Waals surface area contributed by atoms with Crippen molar-refractivity contribution in [2.75, 3.05) is 40.5 Å². The monoisotopic (exact) mass is 752 g/mol. The predicted octanol–water partition coefficient (Wildman–Crippen LogP) is 3.90. The summed E-state index contributed by atoms with van der Waals surface area (Å²) < 4.78 is 39.8. The van der Waals surface area contributed by atoms with Gasteiger partial charge in [-0.2, -0.15) is 0 Å². The number of primary amides is 1. The van der Waals surface area contributed by atoms with Gasteiger partial charge in [-0.25, -0.2) is 14.4 Å². The number of ether oxygens (including phenoxy) is 3. The van der Waals surface area contributed by atoms with E-state index in [1.807, 2.05) is 6.92 Å². The largest absolute Gasteiger partial charge is 0.439 e. The molecule has 6 atom stereocenters. The summed E-state index contributed by atoms with van der Waals surface area (Å²) in [6.45, 7) is 11.5. The average molecular weight is 753 g/mol. The summed E-state index contributed by atoms with van der Waals surface area (Å²) in [5, 5.41) is 19.9. The molecule has 0 radical (unpaired) electrons. The smallest absolute Gasteiger partial charge is 0.405 e. The van der Waals surface area contributed by atoms with Crippen molar-refractivity contribution in [2.24, 2.45) is 17.6 Å². The van der Waals surface area contributed by atoms with Gasteiger partial charge in [-0.1, -0.05) is 38.2 Å². The van der Waals surface area contributed by atoms with Gasteiger partial charge in [-0.05, 0) is 64.9 Å². The molecule has 0 aromatic heterocycles. The SMILES string of the molecule is CCOP(=O)(NCCCCNC1=C2C[C@@H](C)C[C@H](OC)[C@H](O)[C@@H](C)/C=C(\C)[C@H](OC(N)=O)[C@@H](OC)/C=C\C=C(/C)C(=O)NC(=CC1=O)C2=O)OCC. The maximum Gasteiger partial charge on any atom is 0.405 e. The van der Waals surface area contributed by atoms with E-state index in [2.05, 4.69) is 15.7 Å². The van der Waals surface area contributed by atoms with Crippen LogP contribution in [0.1, 0.15) is 67.2 Å². The summed E-state index contributed by atoms with van der Waals surface area (Å²) in [6, 6.07) is 0. The van der Waals surface area contributed by atoms with Gasteiger partial charge in [0.2, 0.25) is 11.6 Å². The van der Waals surface area contributed by atoms with Crippen LogP contribution < -0.4 is 21.5 Å². The molecule has 6 N–H and O–H groups in total. The van der Waals surface area contributed by atoms with Crippen molar-refractivity contribution in [3.8, 4) is 0 Å². The number of nitrogens with two attached hydrogens (primary N) is 1. The second kappa shape index (κ2) is 21.9. The van der Waals surface area contributed by atoms with E-state index < -0.39 is 61.6 Å². The maximum atomic E-state index is 13.9. The van der Waals surface area contributed by atoms with Gasteiger partial charge in [0.25, 0.3) is 5.91 Å². The summed E-state index contributed by atoms with van der Waals surface area (Å²) in [6.07, 6.45) is 4.63. The summed E-state index contributed by atoms with van der Waals surface area (Å²) in [4.78, 5) is 52.4. The third-order valence-corrected chi connectivity index (χ3v) is 10.4. The van der Waals surface area contributed by atoms with E-state index in [1.54, 1.807) is 52.8 Å². The number of aliphatic hydroxyl groups excluding tert-OH is 1. The highest BCUT2D eigenvalue weighted by Crippen LogP contribution is 2.43. The summed E-state index contributed by atoms with van der Waals surface area (Å²) >= 11 is 0. The van der Waals surface area contributed by atoms with Crippen LogP contribution in [0.15, 0.2) is 58.5 Å². The number of aliphatic hydroxyl groups is 1. The van der Waals surface area contributed by atoms with E-state index in [4.69, 9.17) is 29.0 Å². The van der Waals surface area contributed by atoms with Gasteiger partial charge >= 0.3 is 13.8 Å². The molecule has 0 spiro atoms. The number of unbranched alkanes of at least 4 members (excludes halogenated alkanes) is 1. The number of ketones is 2. The van der Waals surface area contributed by atoms with E-state index in [-0.39, 0.29) is 48.1 Å². The minimum Gasteiger partial charge on any atom is -0.439 e. The second-order valence-electron chi connectivity index (χ2n) is 12.8. The van der Waals surface area contributed by atoms with Crippen molar-refractivity contribution < 1.29 is 52.1 Å². The molecular formula is C36H57N4O11P. The first-order valence-electron chi connectivity index (χ1n) is 17.6. The van der Waals surface area contributed by atoms with E-state index in [1.165, 1.54) is 20.3 Å². The molecule has 0 unspecified atom stereocenters. The molecular weight excluding hydrogens is 695 g/mol. The first kappa shape index (κ1) is 44.7. The fourth-order valence-electron chi connectivity index (χ4n) is 5.93. The molecule has 16 heteroatoms. The van der Waals surface area contributed by atoms with Crippen LogP contribution in [0.25, 0.3) is 0 Å². The number of rotatable bonds is 14. The van der Waals surface area contributed by atoms with Crippen LogP contribution >= 0.6 is 7.75 Å². The molecule has 0 aromatic carbocycles. The van der Waals surface area contributed by atoms with E-state index in [0.29, 0.717) is 37.9 Å². The van der Waals surface area contributed by atoms with E-state index in [9.17, 15) is 28.8 Å². The van der Waals surface area contributed by atoms with Gasteiger partial charge in [-0.3, -0.25) is 23.4 Å². The van der Waals surface area contributed by atoms with E-state index in [0.717, 1.165) is 6.08 Å². The number of hydrogen-bond donors (Lipinski definition) is 5. The number of methoxy groups -OCH3 is 2. The molecule has 1 heterocycles. The van der Waals surface area contributed by atoms with Crippen molar-refractivity contribution in [1.82, 2.24) is 15.7 Å². The average Bonchev–Trinajstić information content (AvgIpc) is 3.08. The Morgan fingerprint density at radius 3 is 2.31 bits per heavy atom. The molecule has 0 fully saturated rings. The molecule has 15 nitrogen and oxygen atoms in total. The van der Waals surface area contributed by atoms with Gasteiger partial charge in [0.05, 0.1) is 36.8 Å². The Morgan fingerprint density at radius 1 is 1.06 bits per heavy atom. The zero-order valence-corrected chi connectivity index (χ0v) is 32.5. The molecule has 1 aliphatic heterocycles. The molecule has 292 valence electrons. The van der Waals surface area contributed by atoms with Gasteiger partial charge in [0.1, 0.15) is 6.10 Å². The van der Waals surface area contributed by atoms with Crippen LogP contribution in [0.2, 0.25) is 0 Å². The normalized spacial score (nSPS) is 28.2. The first-order valence-corrected chi connectivity index (χ1v) is 19.1. The van der Waals surface area contributed by atoms with Gasteiger partial charge < -0.3 is 35.7 Å². The molecule has 0 saturated heterocycles. The lowest BCUT2D eigenvalue weighted by molar-refractivity contribution is -0.120. The number of Topliss-reactive ketones (excluding diaryl/α,β-unsaturated/α-hetero) is 1. The molecule has 2 aliphatic rings. The van der Waals surface area contributed by atoms with Crippen LogP contribution in [0.4, 0.5) is 4.79 Å². The summed E-state index contributed by atoms with van der Waals surface area (Å²) in [7, 11) is -0.498. The highest BCUT2D eigenvalue weighted by atomic mass is 31.2. The van der Waals surface area contributed by atoms with Crippen molar-refractivity contribution in [2.45, 2.75) is 91.6 Å². The van der Waals surface area contributed by atoms with Crippen LogP contribution in [0.3, 0.4) is 0 Å². The van der Waals surface area contributed by atoms with Crippen LogP contribution in [-0.4, -0.2) is 93.6 Å². The first-order chi connectivity index (χ1) is 24.6. The summed E-state index contributed by atoms with van der Waals surface area (Å²) in [5.74, 6) is -2.32. The summed E-state index contributed by atoms with van der Waals surface area (Å²) in [5.41, 5.74) is 6.34. The molecule has 0 saturated carbocycles. The number of amides is 2. The van der Waals surface area contributed by atoms with Gasteiger partial charge in [0.15, 0.2) is 6.10 Å². The Bertz CT molecular complexity index is 1460. The third-order valence-electron chi connectivity index (χ3n) is 8.60. The highest BCUT2D eigenvalue weighted by Gasteiger charge is 2.33. The number of hydrogen-bond acceptors (Lipinski definition) is 12.